The first-order chi connectivity index (χ1) is 7.94. The topological polar surface area (TPSA) is 41.6 Å². The smallest absolute Gasteiger partial charge is 0.345 e. The minimum absolute atomic E-state index is 0.431. The van der Waals surface area contributed by atoms with Crippen LogP contribution in [0.2, 0.25) is 0 Å². The molecule has 0 aromatic carbocycles. The summed E-state index contributed by atoms with van der Waals surface area (Å²) in [5.74, 6) is -2.16. The first-order valence-corrected chi connectivity index (χ1v) is 5.77. The van der Waals surface area contributed by atoms with Crippen molar-refractivity contribution in [2.45, 2.75) is 50.2 Å². The first kappa shape index (κ1) is 12.6. The van der Waals surface area contributed by atoms with Crippen LogP contribution in [0.5, 0.6) is 0 Å². The molecule has 1 aliphatic heterocycles. The molecule has 1 saturated carbocycles. The second-order valence-electron chi connectivity index (χ2n) is 4.61. The predicted molar refractivity (Wildman–Crippen MR) is 52.4 cm³/mol. The van der Waals surface area contributed by atoms with Gasteiger partial charge in [0.2, 0.25) is 0 Å². The van der Waals surface area contributed by atoms with Crippen LogP contribution in [0.15, 0.2) is 0 Å². The number of carbonyl (C=O) groups is 1. The molecule has 2 rings (SSSR count). The lowest BCUT2D eigenvalue weighted by Crippen LogP contribution is -2.51. The summed E-state index contributed by atoms with van der Waals surface area (Å²) in [7, 11) is 0. The van der Waals surface area contributed by atoms with Crippen LogP contribution in [0.1, 0.15) is 38.5 Å². The number of rotatable bonds is 1. The lowest BCUT2D eigenvalue weighted by Gasteiger charge is -2.38. The Kier molecular flexibility index (Phi) is 3.31. The first-order valence-electron chi connectivity index (χ1n) is 5.77. The Bertz CT molecular complexity index is 300. The third-order valence-corrected chi connectivity index (χ3v) is 3.47. The van der Waals surface area contributed by atoms with E-state index in [0.29, 0.717) is 6.54 Å². The van der Waals surface area contributed by atoms with Crippen molar-refractivity contribution in [2.24, 2.45) is 0 Å². The zero-order chi connectivity index (χ0) is 12.5. The van der Waals surface area contributed by atoms with E-state index in [9.17, 15) is 18.0 Å². The van der Waals surface area contributed by atoms with Gasteiger partial charge in [0.1, 0.15) is 0 Å². The number of alkyl halides is 3. The summed E-state index contributed by atoms with van der Waals surface area (Å²) in [6.07, 6.45) is 0.320. The van der Waals surface area contributed by atoms with Gasteiger partial charge in [-0.1, -0.05) is 24.4 Å². The van der Waals surface area contributed by atoms with Crippen LogP contribution in [-0.4, -0.2) is 29.4 Å². The number of nitrogens with one attached hydrogen (secondary N) is 1. The van der Waals surface area contributed by atoms with E-state index < -0.39 is 17.7 Å². The third-order valence-electron chi connectivity index (χ3n) is 3.47. The zero-order valence-corrected chi connectivity index (χ0v) is 9.35. The largest absolute Gasteiger partial charge is 0.492 e. The maximum Gasteiger partial charge on any atom is 0.492 e. The van der Waals surface area contributed by atoms with Gasteiger partial charge in [-0.05, 0) is 19.3 Å². The van der Waals surface area contributed by atoms with Crippen molar-refractivity contribution in [1.29, 1.82) is 0 Å². The Hall–Kier alpha value is -0.820. The summed E-state index contributed by atoms with van der Waals surface area (Å²) in [6.45, 7) is 0.547. The number of halogens is 3. The maximum atomic E-state index is 12.1. The summed E-state index contributed by atoms with van der Waals surface area (Å²) in [4.78, 5) is 15.2. The molecule has 2 aliphatic rings. The highest BCUT2D eigenvalue weighted by atomic mass is 19.4. The van der Waals surface area contributed by atoms with Gasteiger partial charge in [0, 0.05) is 6.54 Å². The Balaban J connectivity index is 2.02. The van der Waals surface area contributed by atoms with Gasteiger partial charge in [0.15, 0.2) is 0 Å². The molecule has 1 saturated heterocycles. The van der Waals surface area contributed by atoms with Gasteiger partial charge < -0.3 is 4.84 Å². The van der Waals surface area contributed by atoms with Gasteiger partial charge in [-0.3, -0.25) is 0 Å². The Morgan fingerprint density at radius 2 is 1.82 bits per heavy atom. The second-order valence-corrected chi connectivity index (χ2v) is 4.61. The number of hydroxylamine groups is 1. The van der Waals surface area contributed by atoms with Gasteiger partial charge in [0.25, 0.3) is 0 Å². The molecule has 4 nitrogen and oxygen atoms in total. The molecular formula is C10H15F3N2O2. The van der Waals surface area contributed by atoms with Crippen LogP contribution in [0.25, 0.3) is 0 Å². The summed E-state index contributed by atoms with van der Waals surface area (Å²) in [5, 5.41) is 1.04. The predicted octanol–water partition coefficient (Wildman–Crippen LogP) is 1.92. The van der Waals surface area contributed by atoms with Gasteiger partial charge in [-0.15, -0.1) is 0 Å². The summed E-state index contributed by atoms with van der Waals surface area (Å²) < 4.78 is 36.4. The van der Waals surface area contributed by atoms with Crippen LogP contribution >= 0.6 is 0 Å². The standard InChI is InChI=1S/C10H15F3N2O2/c11-10(12,13)8(16)17-15-9(6-7-14-15)4-2-1-3-5-9/h14H,1-7H2. The minimum atomic E-state index is -4.94. The lowest BCUT2D eigenvalue weighted by molar-refractivity contribution is -0.268. The van der Waals surface area contributed by atoms with E-state index in [1.54, 1.807) is 0 Å². The Morgan fingerprint density at radius 1 is 1.18 bits per heavy atom. The average Bonchev–Trinajstić information content (AvgIpc) is 2.61. The van der Waals surface area contributed by atoms with Crippen molar-refractivity contribution in [1.82, 2.24) is 10.6 Å². The highest BCUT2D eigenvalue weighted by Gasteiger charge is 2.49. The van der Waals surface area contributed by atoms with E-state index in [1.165, 1.54) is 0 Å². The molecule has 2 fully saturated rings. The second kappa shape index (κ2) is 4.45. The highest BCUT2D eigenvalue weighted by molar-refractivity contribution is 5.75. The summed E-state index contributed by atoms with van der Waals surface area (Å²) in [6, 6.07) is 0. The van der Waals surface area contributed by atoms with E-state index >= 15 is 0 Å². The fourth-order valence-corrected chi connectivity index (χ4v) is 2.59. The molecule has 1 N–H and O–H groups in total. The van der Waals surface area contributed by atoms with Crippen molar-refractivity contribution in [2.75, 3.05) is 6.54 Å². The number of nitrogens with zero attached hydrogens (tertiary/aromatic N) is 1. The van der Waals surface area contributed by atoms with Crippen LogP contribution in [0.3, 0.4) is 0 Å². The molecule has 7 heteroatoms. The third kappa shape index (κ3) is 2.55. The molecule has 1 heterocycles. The lowest BCUT2D eigenvalue weighted by atomic mass is 9.80. The SMILES string of the molecule is O=C(ON1NCCC12CCCCC2)C(F)(F)F. The molecule has 0 amide bonds. The van der Waals surface area contributed by atoms with Crippen LogP contribution in [0.4, 0.5) is 13.2 Å². The van der Waals surface area contributed by atoms with E-state index in [1.807, 2.05) is 0 Å². The molecule has 1 aliphatic carbocycles. The van der Waals surface area contributed by atoms with Crippen molar-refractivity contribution < 1.29 is 22.8 Å². The van der Waals surface area contributed by atoms with E-state index in [4.69, 9.17) is 0 Å². The maximum absolute atomic E-state index is 12.1. The number of hydrogen-bond donors (Lipinski definition) is 1. The van der Waals surface area contributed by atoms with Gasteiger partial charge >= 0.3 is 12.1 Å². The molecule has 0 unspecified atom stereocenters. The highest BCUT2D eigenvalue weighted by Crippen LogP contribution is 2.38. The molecule has 0 radical (unpaired) electrons. The summed E-state index contributed by atoms with van der Waals surface area (Å²) >= 11 is 0. The van der Waals surface area contributed by atoms with Crippen LogP contribution in [-0.2, 0) is 9.63 Å². The molecule has 98 valence electrons. The zero-order valence-electron chi connectivity index (χ0n) is 9.35. The molecule has 0 aromatic rings. The molecule has 0 aromatic heterocycles. The quantitative estimate of drug-likeness (QED) is 0.774. The van der Waals surface area contributed by atoms with E-state index in [-0.39, 0.29) is 0 Å². The Labute approximate surface area is 97.0 Å². The van der Waals surface area contributed by atoms with Gasteiger partial charge in [-0.25, -0.2) is 10.2 Å². The van der Waals surface area contributed by atoms with E-state index in [0.717, 1.165) is 43.7 Å². The monoisotopic (exact) mass is 252 g/mol. The fourth-order valence-electron chi connectivity index (χ4n) is 2.59. The van der Waals surface area contributed by atoms with Gasteiger partial charge in [-0.2, -0.15) is 13.2 Å². The number of carbonyl (C=O) groups excluding carboxylic acids is 1. The number of hydrazine groups is 1. The Morgan fingerprint density at radius 3 is 2.41 bits per heavy atom. The normalized spacial score (nSPS) is 25.1. The molecule has 1 spiro atoms. The molecular weight excluding hydrogens is 237 g/mol. The number of hydrogen-bond acceptors (Lipinski definition) is 4. The van der Waals surface area contributed by atoms with Crippen molar-refractivity contribution in [3.05, 3.63) is 0 Å². The van der Waals surface area contributed by atoms with Crippen molar-refractivity contribution >= 4 is 5.97 Å². The average molecular weight is 252 g/mol. The minimum Gasteiger partial charge on any atom is -0.345 e. The fraction of sp³-hybridized carbons (Fsp3) is 0.900. The molecule has 0 bridgehead atoms. The summed E-state index contributed by atoms with van der Waals surface area (Å²) in [5.41, 5.74) is 2.28. The van der Waals surface area contributed by atoms with Crippen molar-refractivity contribution in [3.8, 4) is 0 Å². The molecule has 17 heavy (non-hydrogen) atoms. The van der Waals surface area contributed by atoms with Crippen molar-refractivity contribution in [3.63, 3.8) is 0 Å². The molecule has 0 atom stereocenters. The van der Waals surface area contributed by atoms with Crippen LogP contribution < -0.4 is 5.43 Å². The van der Waals surface area contributed by atoms with Crippen LogP contribution in [0, 0.1) is 0 Å². The van der Waals surface area contributed by atoms with E-state index in [2.05, 4.69) is 10.3 Å². The van der Waals surface area contributed by atoms with Gasteiger partial charge in [0.05, 0.1) is 5.54 Å².